The largest absolute Gasteiger partial charge is 0.384 e. The fourth-order valence-electron chi connectivity index (χ4n) is 1.40. The molecule has 0 atom stereocenters. The third-order valence-electron chi connectivity index (χ3n) is 2.28. The van der Waals surface area contributed by atoms with Crippen LogP contribution in [0.25, 0.3) is 0 Å². The van der Waals surface area contributed by atoms with Gasteiger partial charge in [-0.15, -0.1) is 10.2 Å². The first-order valence-electron chi connectivity index (χ1n) is 5.23. The van der Waals surface area contributed by atoms with Crippen LogP contribution in [0.1, 0.15) is 11.1 Å². The molecular weight excluding hydrogens is 303 g/mol. The van der Waals surface area contributed by atoms with Gasteiger partial charge in [0.15, 0.2) is 8.68 Å². The van der Waals surface area contributed by atoms with Crippen molar-refractivity contribution in [3.8, 4) is 0 Å². The number of benzene rings is 1. The van der Waals surface area contributed by atoms with Crippen LogP contribution >= 0.6 is 34.9 Å². The van der Waals surface area contributed by atoms with Crippen LogP contribution in [0.5, 0.6) is 0 Å². The van der Waals surface area contributed by atoms with E-state index >= 15 is 0 Å². The molecule has 0 unspecified atom stereocenters. The lowest BCUT2D eigenvalue weighted by Crippen LogP contribution is -2.13. The van der Waals surface area contributed by atoms with Gasteiger partial charge in [-0.1, -0.05) is 40.9 Å². The van der Waals surface area contributed by atoms with Gasteiger partial charge < -0.3 is 5.73 Å². The third-order valence-corrected chi connectivity index (χ3v) is 5.36. The summed E-state index contributed by atoms with van der Waals surface area (Å²) in [5, 5.41) is 15.5. The SMILES string of the molecule is CSc1nnc(SCc2ccc(F)cc2C(=N)N)s1. The zero-order valence-electron chi connectivity index (χ0n) is 10.0. The smallest absolute Gasteiger partial charge is 0.175 e. The van der Waals surface area contributed by atoms with Gasteiger partial charge in [0.2, 0.25) is 0 Å². The summed E-state index contributed by atoms with van der Waals surface area (Å²) in [5.41, 5.74) is 6.71. The molecule has 0 aliphatic carbocycles. The highest BCUT2D eigenvalue weighted by Crippen LogP contribution is 2.30. The average Bonchev–Trinajstić information content (AvgIpc) is 2.85. The lowest BCUT2D eigenvalue weighted by molar-refractivity contribution is 0.627. The van der Waals surface area contributed by atoms with Crippen LogP contribution in [-0.4, -0.2) is 22.3 Å². The standard InChI is InChI=1S/C11H11FN4S3/c1-17-10-15-16-11(19-10)18-5-6-2-3-7(12)4-8(6)9(13)14/h2-4H,5H2,1H3,(H3,13,14). The lowest BCUT2D eigenvalue weighted by Gasteiger charge is -2.06. The summed E-state index contributed by atoms with van der Waals surface area (Å²) in [5.74, 6) is 0.0646. The minimum absolute atomic E-state index is 0.128. The molecule has 1 aromatic carbocycles. The van der Waals surface area contributed by atoms with E-state index in [1.165, 1.54) is 35.2 Å². The number of thioether (sulfide) groups is 2. The van der Waals surface area contributed by atoms with Gasteiger partial charge in [-0.2, -0.15) is 0 Å². The van der Waals surface area contributed by atoms with Gasteiger partial charge in [-0.25, -0.2) is 4.39 Å². The molecule has 0 fully saturated rings. The highest BCUT2D eigenvalue weighted by molar-refractivity contribution is 8.02. The van der Waals surface area contributed by atoms with Gasteiger partial charge in [-0.3, -0.25) is 5.41 Å². The number of aromatic nitrogens is 2. The Labute approximate surface area is 122 Å². The molecule has 1 aromatic heterocycles. The number of hydrogen-bond acceptors (Lipinski definition) is 6. The molecule has 0 amide bonds. The maximum Gasteiger partial charge on any atom is 0.175 e. The maximum absolute atomic E-state index is 13.1. The molecule has 0 radical (unpaired) electrons. The third kappa shape index (κ3) is 3.68. The molecule has 0 aliphatic rings. The van der Waals surface area contributed by atoms with E-state index in [2.05, 4.69) is 10.2 Å². The summed E-state index contributed by atoms with van der Waals surface area (Å²) >= 11 is 4.57. The predicted molar refractivity (Wildman–Crippen MR) is 78.7 cm³/mol. The molecule has 0 saturated heterocycles. The number of halogens is 1. The lowest BCUT2D eigenvalue weighted by atomic mass is 10.1. The minimum Gasteiger partial charge on any atom is -0.384 e. The molecule has 100 valence electrons. The Morgan fingerprint density at radius 3 is 2.79 bits per heavy atom. The van der Waals surface area contributed by atoms with Crippen molar-refractivity contribution < 1.29 is 4.39 Å². The maximum atomic E-state index is 13.1. The second-order valence-electron chi connectivity index (χ2n) is 3.54. The van der Waals surface area contributed by atoms with Crippen LogP contribution in [-0.2, 0) is 5.75 Å². The summed E-state index contributed by atoms with van der Waals surface area (Å²) in [6.45, 7) is 0. The fraction of sp³-hybridized carbons (Fsp3) is 0.182. The Morgan fingerprint density at radius 2 is 2.16 bits per heavy atom. The molecule has 0 spiro atoms. The molecule has 2 rings (SSSR count). The van der Waals surface area contributed by atoms with Gasteiger partial charge >= 0.3 is 0 Å². The van der Waals surface area contributed by atoms with Crippen molar-refractivity contribution in [1.82, 2.24) is 10.2 Å². The van der Waals surface area contributed by atoms with Crippen LogP contribution in [0.3, 0.4) is 0 Å². The summed E-state index contributed by atoms with van der Waals surface area (Å²) in [4.78, 5) is 0. The van der Waals surface area contributed by atoms with Gasteiger partial charge in [0.1, 0.15) is 11.7 Å². The Hall–Kier alpha value is -1.12. The van der Waals surface area contributed by atoms with E-state index in [-0.39, 0.29) is 11.7 Å². The van der Waals surface area contributed by atoms with Crippen molar-refractivity contribution in [3.05, 3.63) is 35.1 Å². The summed E-state index contributed by atoms with van der Waals surface area (Å²) in [6.07, 6.45) is 1.95. The van der Waals surface area contributed by atoms with E-state index in [9.17, 15) is 4.39 Å². The second kappa shape index (κ2) is 6.36. The van der Waals surface area contributed by atoms with Gasteiger partial charge in [0.05, 0.1) is 0 Å². The molecule has 19 heavy (non-hydrogen) atoms. The van der Waals surface area contributed by atoms with E-state index in [1.807, 2.05) is 6.26 Å². The number of rotatable bonds is 5. The highest BCUT2D eigenvalue weighted by atomic mass is 32.2. The minimum atomic E-state index is -0.389. The van der Waals surface area contributed by atoms with Gasteiger partial charge in [-0.05, 0) is 24.0 Å². The highest BCUT2D eigenvalue weighted by Gasteiger charge is 2.09. The molecule has 0 bridgehead atoms. The average molecular weight is 314 g/mol. The molecule has 0 aliphatic heterocycles. The monoisotopic (exact) mass is 314 g/mol. The molecular formula is C11H11FN4S3. The number of nitrogens with zero attached hydrogens (tertiary/aromatic N) is 2. The van der Waals surface area contributed by atoms with Crippen LogP contribution in [0.15, 0.2) is 26.9 Å². The van der Waals surface area contributed by atoms with Crippen molar-refractivity contribution in [2.75, 3.05) is 6.26 Å². The molecule has 4 nitrogen and oxygen atoms in total. The van der Waals surface area contributed by atoms with E-state index in [0.29, 0.717) is 11.3 Å². The zero-order valence-corrected chi connectivity index (χ0v) is 12.5. The van der Waals surface area contributed by atoms with Crippen molar-refractivity contribution in [3.63, 3.8) is 0 Å². The predicted octanol–water partition coefficient (Wildman–Crippen LogP) is 2.98. The van der Waals surface area contributed by atoms with Crippen LogP contribution in [0.4, 0.5) is 4.39 Å². The van der Waals surface area contributed by atoms with Gasteiger partial charge in [0.25, 0.3) is 0 Å². The summed E-state index contributed by atoms with van der Waals surface area (Å²) in [6, 6.07) is 4.30. The van der Waals surface area contributed by atoms with Crippen LogP contribution in [0.2, 0.25) is 0 Å². The van der Waals surface area contributed by atoms with Crippen LogP contribution < -0.4 is 5.73 Å². The normalized spacial score (nSPS) is 10.6. The number of amidine groups is 1. The van der Waals surface area contributed by atoms with Crippen LogP contribution in [0, 0.1) is 11.2 Å². The Kier molecular flexibility index (Phi) is 4.78. The first kappa shape index (κ1) is 14.3. The van der Waals surface area contributed by atoms with E-state index < -0.39 is 0 Å². The van der Waals surface area contributed by atoms with Crippen molar-refractivity contribution in [2.45, 2.75) is 14.4 Å². The van der Waals surface area contributed by atoms with Gasteiger partial charge in [0, 0.05) is 11.3 Å². The molecule has 0 saturated carbocycles. The van der Waals surface area contributed by atoms with Crippen molar-refractivity contribution >= 4 is 40.7 Å². The number of hydrogen-bond donors (Lipinski definition) is 2. The van der Waals surface area contributed by atoms with E-state index in [4.69, 9.17) is 11.1 Å². The Morgan fingerprint density at radius 1 is 1.42 bits per heavy atom. The Balaban J connectivity index is 2.12. The van der Waals surface area contributed by atoms with Crippen molar-refractivity contribution in [1.29, 1.82) is 5.41 Å². The fourth-order valence-corrected chi connectivity index (χ4v) is 3.84. The van der Waals surface area contributed by atoms with E-state index in [0.717, 1.165) is 14.2 Å². The topological polar surface area (TPSA) is 75.7 Å². The zero-order chi connectivity index (χ0) is 13.8. The summed E-state index contributed by atoms with van der Waals surface area (Å²) < 4.78 is 14.9. The quantitative estimate of drug-likeness (QED) is 0.504. The Bertz CT molecular complexity index is 599. The summed E-state index contributed by atoms with van der Waals surface area (Å²) in [7, 11) is 0. The second-order valence-corrected chi connectivity index (χ2v) is 6.80. The van der Waals surface area contributed by atoms with Crippen molar-refractivity contribution in [2.24, 2.45) is 5.73 Å². The van der Waals surface area contributed by atoms with E-state index in [1.54, 1.807) is 17.8 Å². The molecule has 3 N–H and O–H groups in total. The number of nitrogens with one attached hydrogen (secondary N) is 1. The molecule has 8 heteroatoms. The first-order chi connectivity index (χ1) is 9.10. The number of nitrogen functional groups attached to an aromatic ring is 1. The first-order valence-corrected chi connectivity index (χ1v) is 8.26. The molecule has 1 heterocycles. The molecule has 2 aromatic rings. The number of nitrogens with two attached hydrogens (primary N) is 1.